The number of hydrogen-bond donors (Lipinski definition) is 2. The van der Waals surface area contributed by atoms with Gasteiger partial charge in [0.2, 0.25) is 5.91 Å². The molecule has 1 rings (SSSR count). The van der Waals surface area contributed by atoms with Crippen molar-refractivity contribution >= 4 is 11.6 Å². The Hall–Kier alpha value is -1.55. The minimum atomic E-state index is -0.0402. The maximum absolute atomic E-state index is 11.8. The number of likely N-dealkylation sites (N-methyl/N-ethyl adjacent to an activating group) is 1. The third-order valence-electron chi connectivity index (χ3n) is 3.61. The highest BCUT2D eigenvalue weighted by Crippen LogP contribution is 2.13. The number of carbonyl (C=O) groups is 1. The van der Waals surface area contributed by atoms with Crippen molar-refractivity contribution in [3.8, 4) is 0 Å². The number of nitrogens with one attached hydrogen (secondary N) is 1. The maximum atomic E-state index is 11.8. The third-order valence-corrected chi connectivity index (χ3v) is 3.61. The molecule has 4 heteroatoms. The fourth-order valence-corrected chi connectivity index (χ4v) is 1.57. The van der Waals surface area contributed by atoms with Crippen LogP contribution in [-0.2, 0) is 11.2 Å². The number of benzene rings is 1. The van der Waals surface area contributed by atoms with Crippen molar-refractivity contribution in [2.75, 3.05) is 26.4 Å². The summed E-state index contributed by atoms with van der Waals surface area (Å²) in [7, 11) is 4.02. The molecule has 0 bridgehead atoms. The van der Waals surface area contributed by atoms with Crippen molar-refractivity contribution in [3.05, 3.63) is 29.8 Å². The SMILES string of the molecule is CN(C)C(C)(C)CNC(=O)CCc1ccccc1N. The first-order valence-electron chi connectivity index (χ1n) is 6.60. The first kappa shape index (κ1) is 15.5. The highest BCUT2D eigenvalue weighted by Gasteiger charge is 2.20. The zero-order valence-electron chi connectivity index (χ0n) is 12.4. The lowest BCUT2D eigenvalue weighted by Gasteiger charge is -2.32. The third kappa shape index (κ3) is 4.91. The summed E-state index contributed by atoms with van der Waals surface area (Å²) >= 11 is 0. The van der Waals surface area contributed by atoms with Crippen LogP contribution in [0, 0.1) is 0 Å². The standard InChI is InChI=1S/C15H25N3O/c1-15(2,18(3)4)11-17-14(19)10-9-12-7-5-6-8-13(12)16/h5-8H,9-11,16H2,1-4H3,(H,17,19). The van der Waals surface area contributed by atoms with E-state index in [1.807, 2.05) is 38.4 Å². The second-order valence-electron chi connectivity index (χ2n) is 5.68. The summed E-state index contributed by atoms with van der Waals surface area (Å²) in [5, 5.41) is 2.97. The molecule has 0 heterocycles. The molecule has 0 saturated carbocycles. The van der Waals surface area contributed by atoms with Crippen molar-refractivity contribution in [3.63, 3.8) is 0 Å². The van der Waals surface area contributed by atoms with Crippen LogP contribution in [0.2, 0.25) is 0 Å². The minimum Gasteiger partial charge on any atom is -0.399 e. The van der Waals surface area contributed by atoms with Gasteiger partial charge in [-0.05, 0) is 46.0 Å². The van der Waals surface area contributed by atoms with Crippen molar-refractivity contribution in [1.29, 1.82) is 0 Å². The Morgan fingerprint density at radius 1 is 1.32 bits per heavy atom. The van der Waals surface area contributed by atoms with E-state index < -0.39 is 0 Å². The molecule has 106 valence electrons. The molecule has 0 fully saturated rings. The lowest BCUT2D eigenvalue weighted by molar-refractivity contribution is -0.121. The zero-order valence-corrected chi connectivity index (χ0v) is 12.4. The molecular formula is C15H25N3O. The summed E-state index contributed by atoms with van der Waals surface area (Å²) in [6.07, 6.45) is 1.15. The van der Waals surface area contributed by atoms with Crippen LogP contribution in [0.3, 0.4) is 0 Å². The van der Waals surface area contributed by atoms with Gasteiger partial charge in [-0.25, -0.2) is 0 Å². The molecule has 1 aromatic carbocycles. The predicted octanol–water partition coefficient (Wildman–Crippen LogP) is 1.66. The van der Waals surface area contributed by atoms with Crippen LogP contribution < -0.4 is 11.1 Å². The maximum Gasteiger partial charge on any atom is 0.220 e. The number of amides is 1. The van der Waals surface area contributed by atoms with Crippen LogP contribution in [0.4, 0.5) is 5.69 Å². The molecule has 0 spiro atoms. The molecular weight excluding hydrogens is 238 g/mol. The summed E-state index contributed by atoms with van der Waals surface area (Å²) in [5.74, 6) is 0.0678. The van der Waals surface area contributed by atoms with Gasteiger partial charge < -0.3 is 16.0 Å². The number of nitrogens with two attached hydrogens (primary N) is 1. The van der Waals surface area contributed by atoms with Crippen LogP contribution in [-0.4, -0.2) is 37.0 Å². The van der Waals surface area contributed by atoms with E-state index in [-0.39, 0.29) is 11.4 Å². The summed E-state index contributed by atoms with van der Waals surface area (Å²) in [6, 6.07) is 7.67. The highest BCUT2D eigenvalue weighted by molar-refractivity contribution is 5.76. The second kappa shape index (κ2) is 6.57. The molecule has 1 aromatic rings. The minimum absolute atomic E-state index is 0.0402. The summed E-state index contributed by atoms with van der Waals surface area (Å²) in [6.45, 7) is 4.84. The normalized spacial score (nSPS) is 11.6. The van der Waals surface area contributed by atoms with Gasteiger partial charge in [-0.15, -0.1) is 0 Å². The molecule has 1 amide bonds. The first-order chi connectivity index (χ1) is 8.83. The Morgan fingerprint density at radius 3 is 2.53 bits per heavy atom. The average molecular weight is 263 g/mol. The van der Waals surface area contributed by atoms with Crippen LogP contribution in [0.15, 0.2) is 24.3 Å². The van der Waals surface area contributed by atoms with Crippen molar-refractivity contribution in [2.45, 2.75) is 32.2 Å². The first-order valence-corrected chi connectivity index (χ1v) is 6.60. The van der Waals surface area contributed by atoms with E-state index in [9.17, 15) is 4.79 Å². The van der Waals surface area contributed by atoms with E-state index in [1.54, 1.807) is 0 Å². The Morgan fingerprint density at radius 2 is 1.95 bits per heavy atom. The van der Waals surface area contributed by atoms with Gasteiger partial charge in [0.05, 0.1) is 0 Å². The number of anilines is 1. The Labute approximate surface area is 116 Å². The molecule has 0 aliphatic heterocycles. The molecule has 0 aliphatic rings. The largest absolute Gasteiger partial charge is 0.399 e. The van der Waals surface area contributed by atoms with Gasteiger partial charge in [0.25, 0.3) is 0 Å². The number of nitrogen functional groups attached to an aromatic ring is 1. The molecule has 0 aliphatic carbocycles. The Balaban J connectivity index is 2.39. The fraction of sp³-hybridized carbons (Fsp3) is 0.533. The Bertz CT molecular complexity index is 427. The Kier molecular flexibility index (Phi) is 5.36. The fourth-order valence-electron chi connectivity index (χ4n) is 1.57. The molecule has 19 heavy (non-hydrogen) atoms. The quantitative estimate of drug-likeness (QED) is 0.767. The summed E-state index contributed by atoms with van der Waals surface area (Å²) in [5.41, 5.74) is 7.60. The van der Waals surface area contributed by atoms with Crippen LogP contribution >= 0.6 is 0 Å². The zero-order chi connectivity index (χ0) is 14.5. The van der Waals surface area contributed by atoms with E-state index in [4.69, 9.17) is 5.73 Å². The second-order valence-corrected chi connectivity index (χ2v) is 5.68. The van der Waals surface area contributed by atoms with Gasteiger partial charge in [-0.2, -0.15) is 0 Å². The van der Waals surface area contributed by atoms with E-state index in [0.717, 1.165) is 11.3 Å². The summed E-state index contributed by atoms with van der Waals surface area (Å²) in [4.78, 5) is 13.9. The van der Waals surface area contributed by atoms with E-state index in [2.05, 4.69) is 24.1 Å². The number of hydrogen-bond acceptors (Lipinski definition) is 3. The molecule has 0 unspecified atom stereocenters. The molecule has 0 aromatic heterocycles. The monoisotopic (exact) mass is 263 g/mol. The van der Waals surface area contributed by atoms with Gasteiger partial charge in [0, 0.05) is 24.2 Å². The topological polar surface area (TPSA) is 58.4 Å². The average Bonchev–Trinajstić information content (AvgIpc) is 2.35. The van der Waals surface area contributed by atoms with Gasteiger partial charge >= 0.3 is 0 Å². The summed E-state index contributed by atoms with van der Waals surface area (Å²) < 4.78 is 0. The van der Waals surface area contributed by atoms with Crippen molar-refractivity contribution < 1.29 is 4.79 Å². The number of para-hydroxylation sites is 1. The van der Waals surface area contributed by atoms with Crippen LogP contribution in [0.25, 0.3) is 0 Å². The molecule has 0 atom stereocenters. The number of rotatable bonds is 6. The molecule has 4 nitrogen and oxygen atoms in total. The van der Waals surface area contributed by atoms with Gasteiger partial charge in [-0.3, -0.25) is 4.79 Å². The number of aryl methyl sites for hydroxylation is 1. The van der Waals surface area contributed by atoms with E-state index >= 15 is 0 Å². The lowest BCUT2D eigenvalue weighted by atomic mass is 10.0. The number of nitrogens with zero attached hydrogens (tertiary/aromatic N) is 1. The molecule has 3 N–H and O–H groups in total. The smallest absolute Gasteiger partial charge is 0.220 e. The predicted molar refractivity (Wildman–Crippen MR) is 80.0 cm³/mol. The highest BCUT2D eigenvalue weighted by atomic mass is 16.1. The van der Waals surface area contributed by atoms with Crippen molar-refractivity contribution in [2.24, 2.45) is 0 Å². The number of carbonyl (C=O) groups excluding carboxylic acids is 1. The van der Waals surface area contributed by atoms with Gasteiger partial charge in [-0.1, -0.05) is 18.2 Å². The molecule has 0 saturated heterocycles. The van der Waals surface area contributed by atoms with E-state index in [0.29, 0.717) is 19.4 Å². The lowest BCUT2D eigenvalue weighted by Crippen LogP contribution is -2.48. The van der Waals surface area contributed by atoms with Crippen LogP contribution in [0.1, 0.15) is 25.8 Å². The van der Waals surface area contributed by atoms with Crippen LogP contribution in [0.5, 0.6) is 0 Å². The molecule has 0 radical (unpaired) electrons. The van der Waals surface area contributed by atoms with Crippen molar-refractivity contribution in [1.82, 2.24) is 10.2 Å². The van der Waals surface area contributed by atoms with Gasteiger partial charge in [0.1, 0.15) is 0 Å². The van der Waals surface area contributed by atoms with E-state index in [1.165, 1.54) is 0 Å². The van der Waals surface area contributed by atoms with Gasteiger partial charge in [0.15, 0.2) is 0 Å².